The Hall–Kier alpha value is -2.40. The van der Waals surface area contributed by atoms with E-state index in [1.165, 1.54) is 0 Å². The van der Waals surface area contributed by atoms with Gasteiger partial charge in [-0.1, -0.05) is 65.7 Å². The first-order chi connectivity index (χ1) is 14.5. The Morgan fingerprint density at radius 3 is 2.13 bits per heavy atom. The summed E-state index contributed by atoms with van der Waals surface area (Å²) in [7, 11) is 0. The van der Waals surface area contributed by atoms with Crippen LogP contribution in [-0.4, -0.2) is 23.4 Å². The molecule has 3 aromatic rings. The van der Waals surface area contributed by atoms with Gasteiger partial charge in [-0.25, -0.2) is 4.79 Å². The third-order valence-corrected chi connectivity index (χ3v) is 5.94. The van der Waals surface area contributed by atoms with Crippen LogP contribution in [0.1, 0.15) is 16.7 Å². The SMILES string of the molecule is Cc1cc(SCC=C(c2ccccc2Cl)c2ccccc2Cl)ccc1OCC(=O)O. The lowest BCUT2D eigenvalue weighted by atomic mass is 9.98. The lowest BCUT2D eigenvalue weighted by molar-refractivity contribution is -0.139. The van der Waals surface area contributed by atoms with Gasteiger partial charge in [-0.05, 0) is 48.4 Å². The van der Waals surface area contributed by atoms with Gasteiger partial charge in [0.2, 0.25) is 0 Å². The molecule has 3 aromatic carbocycles. The van der Waals surface area contributed by atoms with Crippen LogP contribution in [0.3, 0.4) is 0 Å². The van der Waals surface area contributed by atoms with E-state index >= 15 is 0 Å². The monoisotopic (exact) mass is 458 g/mol. The maximum absolute atomic E-state index is 10.7. The number of hydrogen-bond donors (Lipinski definition) is 1. The molecule has 0 saturated carbocycles. The molecule has 0 radical (unpaired) electrons. The van der Waals surface area contributed by atoms with E-state index in [1.54, 1.807) is 17.8 Å². The summed E-state index contributed by atoms with van der Waals surface area (Å²) in [6.07, 6.45) is 2.12. The number of carbonyl (C=O) groups is 1. The van der Waals surface area contributed by atoms with Crippen LogP contribution in [-0.2, 0) is 4.79 Å². The van der Waals surface area contributed by atoms with Gasteiger partial charge in [0.05, 0.1) is 0 Å². The summed E-state index contributed by atoms with van der Waals surface area (Å²) >= 11 is 14.6. The molecular formula is C24H20Cl2O3S. The summed E-state index contributed by atoms with van der Waals surface area (Å²) in [5, 5.41) is 10.1. The quantitative estimate of drug-likeness (QED) is 0.369. The van der Waals surface area contributed by atoms with Gasteiger partial charge < -0.3 is 9.84 Å². The fraction of sp³-hybridized carbons (Fsp3) is 0.125. The summed E-state index contributed by atoms with van der Waals surface area (Å²) in [6.45, 7) is 1.55. The van der Waals surface area contributed by atoms with Crippen molar-refractivity contribution in [2.24, 2.45) is 0 Å². The molecule has 0 spiro atoms. The smallest absolute Gasteiger partial charge is 0.341 e. The van der Waals surface area contributed by atoms with Crippen molar-refractivity contribution in [3.05, 3.63) is 99.5 Å². The number of rotatable bonds is 8. The van der Waals surface area contributed by atoms with E-state index in [0.717, 1.165) is 27.2 Å². The molecule has 1 N–H and O–H groups in total. The highest BCUT2D eigenvalue weighted by molar-refractivity contribution is 7.99. The van der Waals surface area contributed by atoms with Crippen LogP contribution in [0, 0.1) is 6.92 Å². The van der Waals surface area contributed by atoms with Gasteiger partial charge in [0.1, 0.15) is 5.75 Å². The van der Waals surface area contributed by atoms with Crippen LogP contribution in [0.2, 0.25) is 10.0 Å². The molecule has 154 valence electrons. The second-order valence-corrected chi connectivity index (χ2v) is 8.41. The van der Waals surface area contributed by atoms with Crippen molar-refractivity contribution in [2.75, 3.05) is 12.4 Å². The summed E-state index contributed by atoms with van der Waals surface area (Å²) < 4.78 is 5.29. The van der Waals surface area contributed by atoms with Gasteiger partial charge in [0.25, 0.3) is 0 Å². The van der Waals surface area contributed by atoms with E-state index in [0.29, 0.717) is 21.5 Å². The predicted molar refractivity (Wildman–Crippen MR) is 125 cm³/mol. The normalized spacial score (nSPS) is 10.5. The Bertz CT molecular complexity index is 1030. The highest BCUT2D eigenvalue weighted by Gasteiger charge is 2.12. The molecule has 0 fully saturated rings. The predicted octanol–water partition coefficient (Wildman–Crippen LogP) is 6.99. The number of carboxylic acid groups (broad SMARTS) is 1. The minimum atomic E-state index is -0.996. The molecular weight excluding hydrogens is 439 g/mol. The maximum Gasteiger partial charge on any atom is 0.341 e. The molecule has 0 atom stereocenters. The number of benzene rings is 3. The van der Waals surface area contributed by atoms with Crippen molar-refractivity contribution in [2.45, 2.75) is 11.8 Å². The molecule has 0 aromatic heterocycles. The molecule has 3 nitrogen and oxygen atoms in total. The molecule has 30 heavy (non-hydrogen) atoms. The van der Waals surface area contributed by atoms with Gasteiger partial charge in [-0.2, -0.15) is 0 Å². The standard InChI is InChI=1S/C24H20Cl2O3S/c1-16-14-17(10-11-23(16)29-15-24(27)28)30-13-12-18(19-6-2-4-8-21(19)25)20-7-3-5-9-22(20)26/h2-12,14H,13,15H2,1H3,(H,27,28). The number of hydrogen-bond acceptors (Lipinski definition) is 3. The minimum absolute atomic E-state index is 0.352. The summed E-state index contributed by atoms with van der Waals surface area (Å²) in [5.41, 5.74) is 3.74. The highest BCUT2D eigenvalue weighted by Crippen LogP contribution is 2.34. The molecule has 0 saturated heterocycles. The van der Waals surface area contributed by atoms with Crippen LogP contribution < -0.4 is 4.74 Å². The molecule has 0 unspecified atom stereocenters. The van der Waals surface area contributed by atoms with Crippen molar-refractivity contribution in [3.63, 3.8) is 0 Å². The lowest BCUT2D eigenvalue weighted by Gasteiger charge is -2.13. The first-order valence-corrected chi connectivity index (χ1v) is 11.0. The summed E-state index contributed by atoms with van der Waals surface area (Å²) in [5.74, 6) is 0.287. The Balaban J connectivity index is 1.82. The second-order valence-electron chi connectivity index (χ2n) is 6.50. The van der Waals surface area contributed by atoms with Gasteiger partial charge in [-0.3, -0.25) is 0 Å². The highest BCUT2D eigenvalue weighted by atomic mass is 35.5. The number of aliphatic carboxylic acids is 1. The first-order valence-electron chi connectivity index (χ1n) is 9.23. The van der Waals surface area contributed by atoms with Gasteiger partial charge in [0, 0.05) is 31.8 Å². The average molecular weight is 459 g/mol. The number of aryl methyl sites for hydroxylation is 1. The summed E-state index contributed by atoms with van der Waals surface area (Å²) in [6, 6.07) is 21.1. The molecule has 0 aliphatic carbocycles. The van der Waals surface area contributed by atoms with Crippen LogP contribution >= 0.6 is 35.0 Å². The largest absolute Gasteiger partial charge is 0.482 e. The van der Waals surface area contributed by atoms with Crippen molar-refractivity contribution < 1.29 is 14.6 Å². The van der Waals surface area contributed by atoms with Gasteiger partial charge in [-0.15, -0.1) is 11.8 Å². The maximum atomic E-state index is 10.7. The van der Waals surface area contributed by atoms with Crippen LogP contribution in [0.5, 0.6) is 5.75 Å². The zero-order valence-electron chi connectivity index (χ0n) is 16.3. The van der Waals surface area contributed by atoms with E-state index < -0.39 is 5.97 Å². The van der Waals surface area contributed by atoms with Crippen molar-refractivity contribution in [1.29, 1.82) is 0 Å². The van der Waals surface area contributed by atoms with E-state index in [9.17, 15) is 4.79 Å². The van der Waals surface area contributed by atoms with E-state index in [1.807, 2.05) is 67.6 Å². The first kappa shape index (κ1) is 22.3. The van der Waals surface area contributed by atoms with E-state index in [4.69, 9.17) is 33.0 Å². The molecule has 0 amide bonds. The molecule has 0 bridgehead atoms. The van der Waals surface area contributed by atoms with Crippen LogP contribution in [0.15, 0.2) is 77.7 Å². The number of halogens is 2. The van der Waals surface area contributed by atoms with Crippen molar-refractivity contribution in [1.82, 2.24) is 0 Å². The number of thioether (sulfide) groups is 1. The average Bonchev–Trinajstić information content (AvgIpc) is 2.72. The zero-order valence-corrected chi connectivity index (χ0v) is 18.6. The second kappa shape index (κ2) is 10.6. The number of ether oxygens (including phenoxy) is 1. The Morgan fingerprint density at radius 2 is 1.60 bits per heavy atom. The van der Waals surface area contributed by atoms with Gasteiger partial charge >= 0.3 is 5.97 Å². The zero-order chi connectivity index (χ0) is 21.5. The molecule has 6 heteroatoms. The topological polar surface area (TPSA) is 46.5 Å². The Labute approximate surface area is 190 Å². The molecule has 0 aliphatic heterocycles. The van der Waals surface area contributed by atoms with Crippen molar-refractivity contribution >= 4 is 46.5 Å². The molecule has 0 heterocycles. The fourth-order valence-corrected chi connectivity index (χ4v) is 4.30. The van der Waals surface area contributed by atoms with Crippen LogP contribution in [0.25, 0.3) is 5.57 Å². The third kappa shape index (κ3) is 5.82. The van der Waals surface area contributed by atoms with E-state index in [-0.39, 0.29) is 6.61 Å². The third-order valence-electron chi connectivity index (χ3n) is 4.36. The Kier molecular flexibility index (Phi) is 7.86. The fourth-order valence-electron chi connectivity index (χ4n) is 2.96. The van der Waals surface area contributed by atoms with Crippen LogP contribution in [0.4, 0.5) is 0 Å². The Morgan fingerprint density at radius 1 is 1.00 bits per heavy atom. The lowest BCUT2D eigenvalue weighted by Crippen LogP contribution is -2.09. The minimum Gasteiger partial charge on any atom is -0.482 e. The van der Waals surface area contributed by atoms with Crippen molar-refractivity contribution in [3.8, 4) is 5.75 Å². The molecule has 0 aliphatic rings. The number of carboxylic acids is 1. The summed E-state index contributed by atoms with van der Waals surface area (Å²) in [4.78, 5) is 11.7. The van der Waals surface area contributed by atoms with Gasteiger partial charge in [0.15, 0.2) is 6.61 Å². The van der Waals surface area contributed by atoms with E-state index in [2.05, 4.69) is 6.08 Å². The molecule has 3 rings (SSSR count).